The number of nitrogens with one attached hydrogen (secondary N) is 2. The Balaban J connectivity index is 1.68. The number of amides is 1. The van der Waals surface area contributed by atoms with Gasteiger partial charge in [-0.15, -0.1) is 0 Å². The van der Waals surface area contributed by atoms with Crippen LogP contribution in [0.3, 0.4) is 0 Å². The monoisotopic (exact) mass is 344 g/mol. The van der Waals surface area contributed by atoms with Crippen LogP contribution in [-0.4, -0.2) is 30.7 Å². The zero-order chi connectivity index (χ0) is 18.0. The second-order valence-electron chi connectivity index (χ2n) is 7.44. The van der Waals surface area contributed by atoms with Gasteiger partial charge in [-0.05, 0) is 45.2 Å². The first kappa shape index (κ1) is 18.7. The average molecular weight is 344 g/mol. The van der Waals surface area contributed by atoms with Crippen molar-refractivity contribution in [3.8, 4) is 0 Å². The van der Waals surface area contributed by atoms with Crippen molar-refractivity contribution >= 4 is 6.09 Å². The van der Waals surface area contributed by atoms with E-state index in [0.29, 0.717) is 17.6 Å². The highest BCUT2D eigenvalue weighted by Gasteiger charge is 2.36. The number of furan rings is 1. The summed E-state index contributed by atoms with van der Waals surface area (Å²) in [7, 11) is 0. The molecule has 1 fully saturated rings. The minimum atomic E-state index is -3.07. The van der Waals surface area contributed by atoms with E-state index in [9.17, 15) is 13.6 Å². The van der Waals surface area contributed by atoms with Crippen LogP contribution < -0.4 is 10.6 Å². The molecule has 0 saturated heterocycles. The van der Waals surface area contributed by atoms with Crippen molar-refractivity contribution in [2.75, 3.05) is 13.1 Å². The van der Waals surface area contributed by atoms with Gasteiger partial charge in [0.05, 0.1) is 19.6 Å². The molecule has 0 aliphatic heterocycles. The second kappa shape index (κ2) is 7.09. The molecule has 2 rings (SSSR count). The third kappa shape index (κ3) is 6.11. The van der Waals surface area contributed by atoms with Crippen molar-refractivity contribution in [1.29, 1.82) is 0 Å². The van der Waals surface area contributed by atoms with Gasteiger partial charge in [-0.25, -0.2) is 13.6 Å². The van der Waals surface area contributed by atoms with Gasteiger partial charge in [-0.1, -0.05) is 6.92 Å². The fourth-order valence-electron chi connectivity index (χ4n) is 2.35. The summed E-state index contributed by atoms with van der Waals surface area (Å²) in [5, 5.41) is 4.75. The molecule has 1 amide bonds. The predicted molar refractivity (Wildman–Crippen MR) is 86.1 cm³/mol. The molecule has 136 valence electrons. The quantitative estimate of drug-likeness (QED) is 0.792. The molecule has 1 aromatic rings. The van der Waals surface area contributed by atoms with Crippen molar-refractivity contribution < 1.29 is 22.7 Å². The van der Waals surface area contributed by atoms with Gasteiger partial charge in [0.1, 0.15) is 17.1 Å². The second-order valence-corrected chi connectivity index (χ2v) is 7.44. The normalized spacial score (nSPS) is 20.8. The Labute approximate surface area is 141 Å². The summed E-state index contributed by atoms with van der Waals surface area (Å²) in [6.07, 6.45) is 0.269. The van der Waals surface area contributed by atoms with Gasteiger partial charge >= 0.3 is 6.09 Å². The topological polar surface area (TPSA) is 63.5 Å². The fraction of sp³-hybridized carbons (Fsp3) is 0.706. The summed E-state index contributed by atoms with van der Waals surface area (Å²) in [5.41, 5.74) is -0.715. The maximum Gasteiger partial charge on any atom is 0.407 e. The van der Waals surface area contributed by atoms with Gasteiger partial charge in [0.25, 0.3) is 5.92 Å². The number of hydrogen-bond acceptors (Lipinski definition) is 4. The number of alkyl halides is 2. The van der Waals surface area contributed by atoms with Gasteiger partial charge < -0.3 is 19.8 Å². The maximum atomic E-state index is 13.8. The zero-order valence-electron chi connectivity index (χ0n) is 14.6. The van der Waals surface area contributed by atoms with Crippen molar-refractivity contribution in [3.63, 3.8) is 0 Å². The smallest absolute Gasteiger partial charge is 0.407 e. The van der Waals surface area contributed by atoms with E-state index in [-0.39, 0.29) is 6.54 Å². The molecule has 0 aromatic carbocycles. The molecule has 1 saturated carbocycles. The van der Waals surface area contributed by atoms with E-state index in [1.54, 1.807) is 20.8 Å². The molecule has 2 unspecified atom stereocenters. The highest BCUT2D eigenvalue weighted by atomic mass is 19.3. The van der Waals surface area contributed by atoms with Crippen molar-refractivity contribution in [1.82, 2.24) is 10.6 Å². The van der Waals surface area contributed by atoms with Gasteiger partial charge in [0.2, 0.25) is 0 Å². The largest absolute Gasteiger partial charge is 0.464 e. The minimum Gasteiger partial charge on any atom is -0.464 e. The molecule has 7 heteroatoms. The minimum absolute atomic E-state index is 0.225. The van der Waals surface area contributed by atoms with Gasteiger partial charge in [0, 0.05) is 5.92 Å². The average Bonchev–Trinajstić information content (AvgIpc) is 2.97. The van der Waals surface area contributed by atoms with Crippen LogP contribution in [0.4, 0.5) is 13.6 Å². The van der Waals surface area contributed by atoms with E-state index in [1.807, 2.05) is 12.1 Å². The van der Waals surface area contributed by atoms with Crippen LogP contribution in [0.25, 0.3) is 0 Å². The number of alkyl carbamates (subject to hydrolysis) is 1. The molecule has 24 heavy (non-hydrogen) atoms. The van der Waals surface area contributed by atoms with Gasteiger partial charge in [-0.3, -0.25) is 0 Å². The lowest BCUT2D eigenvalue weighted by atomic mass is 10.2. The standard InChI is InChI=1S/C17H26F2N2O3/c1-11-7-13(11)14-6-5-12(23-14)8-20-9-17(18,19)10-21-15(22)24-16(2,3)4/h5-6,11,13,20H,7-10H2,1-4H3,(H,21,22). The van der Waals surface area contributed by atoms with Crippen LogP contribution in [0, 0.1) is 5.92 Å². The summed E-state index contributed by atoms with van der Waals surface area (Å²) >= 11 is 0. The van der Waals surface area contributed by atoms with Crippen LogP contribution in [-0.2, 0) is 11.3 Å². The first-order chi connectivity index (χ1) is 11.1. The Bertz CT molecular complexity index is 566. The van der Waals surface area contributed by atoms with Crippen molar-refractivity contribution in [3.05, 3.63) is 23.7 Å². The number of hydrogen-bond donors (Lipinski definition) is 2. The van der Waals surface area contributed by atoms with Crippen LogP contribution in [0.15, 0.2) is 16.5 Å². The van der Waals surface area contributed by atoms with Gasteiger partial charge in [0.15, 0.2) is 0 Å². The maximum absolute atomic E-state index is 13.8. The van der Waals surface area contributed by atoms with Crippen molar-refractivity contribution in [2.45, 2.75) is 58.1 Å². The third-order valence-corrected chi connectivity index (χ3v) is 3.73. The van der Waals surface area contributed by atoms with E-state index < -0.39 is 30.7 Å². The molecule has 1 aliphatic carbocycles. The van der Waals surface area contributed by atoms with Crippen LogP contribution in [0.5, 0.6) is 0 Å². The fourth-order valence-corrected chi connectivity index (χ4v) is 2.35. The molecular weight excluding hydrogens is 318 g/mol. The lowest BCUT2D eigenvalue weighted by Crippen LogP contribution is -2.44. The molecule has 2 N–H and O–H groups in total. The Kier molecular flexibility index (Phi) is 5.52. The molecule has 0 spiro atoms. The summed E-state index contributed by atoms with van der Waals surface area (Å²) in [4.78, 5) is 11.4. The lowest BCUT2D eigenvalue weighted by Gasteiger charge is -2.22. The van der Waals surface area contributed by atoms with E-state index in [1.165, 1.54) is 0 Å². The Morgan fingerprint density at radius 1 is 1.33 bits per heavy atom. The Morgan fingerprint density at radius 3 is 2.58 bits per heavy atom. The van der Waals surface area contributed by atoms with E-state index in [4.69, 9.17) is 9.15 Å². The SMILES string of the molecule is CC1CC1c1ccc(CNCC(F)(F)CNC(=O)OC(C)(C)C)o1. The van der Waals surface area contributed by atoms with Gasteiger partial charge in [-0.2, -0.15) is 0 Å². The zero-order valence-corrected chi connectivity index (χ0v) is 14.6. The molecule has 1 heterocycles. The number of carbonyl (C=O) groups is 1. The first-order valence-corrected chi connectivity index (χ1v) is 8.20. The summed E-state index contributed by atoms with van der Waals surface area (Å²) in [6, 6.07) is 3.72. The molecule has 5 nitrogen and oxygen atoms in total. The third-order valence-electron chi connectivity index (χ3n) is 3.73. The lowest BCUT2D eigenvalue weighted by molar-refractivity contribution is -0.00404. The molecule has 1 aliphatic rings. The van der Waals surface area contributed by atoms with Crippen LogP contribution in [0.2, 0.25) is 0 Å². The van der Waals surface area contributed by atoms with Crippen LogP contribution >= 0.6 is 0 Å². The number of carbonyl (C=O) groups excluding carboxylic acids is 1. The van der Waals surface area contributed by atoms with E-state index in [2.05, 4.69) is 17.6 Å². The molecule has 0 radical (unpaired) electrons. The molecular formula is C17H26F2N2O3. The Hall–Kier alpha value is -1.63. The highest BCUT2D eigenvalue weighted by Crippen LogP contribution is 2.47. The molecule has 2 atom stereocenters. The number of ether oxygens (including phenoxy) is 1. The van der Waals surface area contributed by atoms with E-state index >= 15 is 0 Å². The van der Waals surface area contributed by atoms with Crippen LogP contribution in [0.1, 0.15) is 51.6 Å². The first-order valence-electron chi connectivity index (χ1n) is 8.20. The summed E-state index contributed by atoms with van der Waals surface area (Å²) < 4.78 is 38.1. The summed E-state index contributed by atoms with van der Waals surface area (Å²) in [5.74, 6) is -0.395. The number of halogens is 2. The summed E-state index contributed by atoms with van der Waals surface area (Å²) in [6.45, 7) is 6.06. The number of rotatable bonds is 7. The molecule has 0 bridgehead atoms. The highest BCUT2D eigenvalue weighted by molar-refractivity contribution is 5.67. The predicted octanol–water partition coefficient (Wildman–Crippen LogP) is 3.65. The van der Waals surface area contributed by atoms with E-state index in [0.717, 1.165) is 12.2 Å². The molecule has 1 aromatic heterocycles. The van der Waals surface area contributed by atoms with Crippen molar-refractivity contribution in [2.24, 2.45) is 5.92 Å². The Morgan fingerprint density at radius 2 is 2.00 bits per heavy atom.